The standard InChI is InChI=1S/C19H18BrN3O2/c1-4-14-12(2)23-17(20)16(21-19(23)22-18(14)25-3)15(10-11-24)13-8-6-5-7-9-13/h5-10,15H,4H2,1-3H3. The summed E-state index contributed by atoms with van der Waals surface area (Å²) in [5.41, 5.74) is 3.73. The van der Waals surface area contributed by atoms with Crippen LogP contribution < -0.4 is 4.74 Å². The van der Waals surface area contributed by atoms with Gasteiger partial charge in [0, 0.05) is 17.3 Å². The van der Waals surface area contributed by atoms with Crippen LogP contribution in [0.3, 0.4) is 0 Å². The summed E-state index contributed by atoms with van der Waals surface area (Å²) in [6, 6.07) is 9.74. The molecule has 6 heteroatoms. The minimum absolute atomic E-state index is 0.301. The van der Waals surface area contributed by atoms with Gasteiger partial charge in [-0.1, -0.05) is 37.3 Å². The molecule has 0 amide bonds. The largest absolute Gasteiger partial charge is 0.481 e. The first-order valence-electron chi connectivity index (χ1n) is 7.99. The van der Waals surface area contributed by atoms with Crippen molar-refractivity contribution in [2.45, 2.75) is 26.2 Å². The Labute approximate surface area is 154 Å². The number of rotatable bonds is 5. The highest BCUT2D eigenvalue weighted by molar-refractivity contribution is 9.10. The molecule has 1 unspecified atom stereocenters. The number of fused-ring (bicyclic) bond motifs is 1. The molecule has 2 heterocycles. The number of hydrogen-bond donors (Lipinski definition) is 0. The first-order chi connectivity index (χ1) is 12.1. The van der Waals surface area contributed by atoms with Crippen molar-refractivity contribution in [3.8, 4) is 5.88 Å². The van der Waals surface area contributed by atoms with Gasteiger partial charge in [0.25, 0.3) is 0 Å². The number of imidazole rings is 1. The number of aryl methyl sites for hydroxylation is 1. The van der Waals surface area contributed by atoms with E-state index in [0.717, 1.165) is 33.5 Å². The maximum atomic E-state index is 11.1. The Balaban J connectivity index is 2.28. The molecule has 25 heavy (non-hydrogen) atoms. The predicted molar refractivity (Wildman–Crippen MR) is 99.9 cm³/mol. The average molecular weight is 400 g/mol. The summed E-state index contributed by atoms with van der Waals surface area (Å²) in [6.45, 7) is 4.07. The quantitative estimate of drug-likeness (QED) is 0.610. The molecule has 1 aromatic carbocycles. The van der Waals surface area contributed by atoms with Crippen LogP contribution in [0.5, 0.6) is 5.88 Å². The van der Waals surface area contributed by atoms with Crippen LogP contribution in [0.25, 0.3) is 5.78 Å². The Bertz CT molecular complexity index is 960. The van der Waals surface area contributed by atoms with Crippen molar-refractivity contribution in [2.75, 3.05) is 7.11 Å². The van der Waals surface area contributed by atoms with Crippen LogP contribution in [-0.4, -0.2) is 27.4 Å². The van der Waals surface area contributed by atoms with E-state index in [1.54, 1.807) is 7.11 Å². The van der Waals surface area contributed by atoms with Gasteiger partial charge in [0.05, 0.1) is 18.7 Å². The minimum atomic E-state index is -0.301. The average Bonchev–Trinajstić information content (AvgIpc) is 2.96. The maximum Gasteiger partial charge on any atom is 0.238 e. The monoisotopic (exact) mass is 399 g/mol. The molecule has 0 aliphatic rings. The van der Waals surface area contributed by atoms with Crippen molar-refractivity contribution in [3.63, 3.8) is 0 Å². The molecule has 0 radical (unpaired) electrons. The van der Waals surface area contributed by atoms with Crippen LogP contribution in [0.4, 0.5) is 0 Å². The van der Waals surface area contributed by atoms with E-state index in [2.05, 4.69) is 32.8 Å². The normalized spacial score (nSPS) is 12.0. The Morgan fingerprint density at radius 3 is 2.64 bits per heavy atom. The number of ether oxygens (including phenoxy) is 1. The lowest BCUT2D eigenvalue weighted by Gasteiger charge is -2.12. The van der Waals surface area contributed by atoms with Crippen molar-refractivity contribution >= 4 is 27.6 Å². The van der Waals surface area contributed by atoms with Crippen molar-refractivity contribution in [3.05, 3.63) is 63.5 Å². The summed E-state index contributed by atoms with van der Waals surface area (Å²) < 4.78 is 8.15. The molecule has 128 valence electrons. The molecule has 0 bridgehead atoms. The number of halogens is 1. The summed E-state index contributed by atoms with van der Waals surface area (Å²) in [5, 5.41) is 0. The van der Waals surface area contributed by atoms with Crippen LogP contribution in [0, 0.1) is 6.92 Å². The Kier molecular flexibility index (Phi) is 5.02. The van der Waals surface area contributed by atoms with E-state index in [9.17, 15) is 4.79 Å². The van der Waals surface area contributed by atoms with E-state index >= 15 is 0 Å². The lowest BCUT2D eigenvalue weighted by atomic mass is 9.96. The SMILES string of the molecule is CCc1c(OC)nc2nc(C(C=C=O)c3ccccc3)c(Br)n2c1C. The molecule has 3 rings (SSSR count). The minimum Gasteiger partial charge on any atom is -0.481 e. The number of benzene rings is 1. The number of methoxy groups -OCH3 is 1. The molecule has 0 fully saturated rings. The van der Waals surface area contributed by atoms with E-state index < -0.39 is 0 Å². The number of hydrogen-bond acceptors (Lipinski definition) is 4. The Morgan fingerprint density at radius 1 is 1.32 bits per heavy atom. The van der Waals surface area contributed by atoms with Gasteiger partial charge in [-0.25, -0.2) is 9.78 Å². The van der Waals surface area contributed by atoms with Crippen molar-refractivity contribution in [1.82, 2.24) is 14.4 Å². The molecule has 2 aromatic heterocycles. The smallest absolute Gasteiger partial charge is 0.238 e. The third-order valence-electron chi connectivity index (χ3n) is 4.29. The number of nitrogens with zero attached hydrogens (tertiary/aromatic N) is 3. The van der Waals surface area contributed by atoms with Gasteiger partial charge in [-0.15, -0.1) is 0 Å². The van der Waals surface area contributed by atoms with Crippen LogP contribution in [0.1, 0.15) is 35.4 Å². The molecule has 0 aliphatic heterocycles. The summed E-state index contributed by atoms with van der Waals surface area (Å²) >= 11 is 3.65. The molecular weight excluding hydrogens is 382 g/mol. The number of aromatic nitrogens is 3. The zero-order valence-electron chi connectivity index (χ0n) is 14.3. The molecule has 1 atom stereocenters. The van der Waals surface area contributed by atoms with E-state index in [1.165, 1.54) is 6.08 Å². The zero-order valence-corrected chi connectivity index (χ0v) is 15.9. The third kappa shape index (κ3) is 2.99. The van der Waals surface area contributed by atoms with E-state index in [0.29, 0.717) is 11.7 Å². The van der Waals surface area contributed by atoms with Gasteiger partial charge in [0.1, 0.15) is 10.5 Å². The van der Waals surface area contributed by atoms with Crippen LogP contribution in [0.2, 0.25) is 0 Å². The number of carbonyl (C=O) groups excluding carboxylic acids is 1. The fraction of sp³-hybridized carbons (Fsp3) is 0.263. The fourth-order valence-corrected chi connectivity index (χ4v) is 3.82. The van der Waals surface area contributed by atoms with E-state index in [-0.39, 0.29) is 5.92 Å². The van der Waals surface area contributed by atoms with Crippen LogP contribution in [0.15, 0.2) is 41.0 Å². The van der Waals surface area contributed by atoms with Crippen molar-refractivity contribution in [2.24, 2.45) is 0 Å². The zero-order chi connectivity index (χ0) is 18.0. The molecule has 3 aromatic rings. The van der Waals surface area contributed by atoms with Gasteiger partial charge in [0.2, 0.25) is 11.7 Å². The summed E-state index contributed by atoms with van der Waals surface area (Å²) in [6.07, 6.45) is 2.28. The van der Waals surface area contributed by atoms with Crippen molar-refractivity contribution in [1.29, 1.82) is 0 Å². The second kappa shape index (κ2) is 7.21. The highest BCUT2D eigenvalue weighted by atomic mass is 79.9. The second-order valence-electron chi connectivity index (χ2n) is 5.63. The lowest BCUT2D eigenvalue weighted by molar-refractivity contribution is 0.392. The van der Waals surface area contributed by atoms with Gasteiger partial charge in [-0.05, 0) is 34.8 Å². The van der Waals surface area contributed by atoms with Crippen LogP contribution >= 0.6 is 15.9 Å². The topological polar surface area (TPSA) is 56.5 Å². The van der Waals surface area contributed by atoms with Gasteiger partial charge < -0.3 is 4.74 Å². The first kappa shape index (κ1) is 17.4. The lowest BCUT2D eigenvalue weighted by Crippen LogP contribution is -2.04. The van der Waals surface area contributed by atoms with Gasteiger partial charge >= 0.3 is 0 Å². The molecule has 0 spiro atoms. The summed E-state index contributed by atoms with van der Waals surface area (Å²) in [7, 11) is 1.61. The second-order valence-corrected chi connectivity index (χ2v) is 6.39. The highest BCUT2D eigenvalue weighted by Gasteiger charge is 2.23. The number of allylic oxidation sites excluding steroid dienone is 1. The maximum absolute atomic E-state index is 11.1. The summed E-state index contributed by atoms with van der Waals surface area (Å²) in [5.74, 6) is 2.72. The molecular formula is C19H18BrN3O2. The molecule has 0 aliphatic carbocycles. The van der Waals surface area contributed by atoms with E-state index in [4.69, 9.17) is 4.74 Å². The van der Waals surface area contributed by atoms with Gasteiger partial charge in [-0.3, -0.25) is 4.40 Å². The van der Waals surface area contributed by atoms with Crippen molar-refractivity contribution < 1.29 is 9.53 Å². The predicted octanol–water partition coefficient (Wildman–Crippen LogP) is 3.89. The first-order valence-corrected chi connectivity index (χ1v) is 8.78. The molecule has 0 saturated carbocycles. The van der Waals surface area contributed by atoms with Gasteiger partial charge in [-0.2, -0.15) is 4.98 Å². The molecule has 0 saturated heterocycles. The van der Waals surface area contributed by atoms with Gasteiger partial charge in [0.15, 0.2) is 0 Å². The van der Waals surface area contributed by atoms with E-state index in [1.807, 2.05) is 47.6 Å². The molecule has 0 N–H and O–H groups in total. The third-order valence-corrected chi connectivity index (χ3v) is 5.06. The highest BCUT2D eigenvalue weighted by Crippen LogP contribution is 2.33. The van der Waals surface area contributed by atoms with Crippen LogP contribution in [-0.2, 0) is 11.2 Å². The Morgan fingerprint density at radius 2 is 2.04 bits per heavy atom. The molecule has 5 nitrogen and oxygen atoms in total. The summed E-state index contributed by atoms with van der Waals surface area (Å²) in [4.78, 5) is 20.3. The fourth-order valence-electron chi connectivity index (χ4n) is 3.06. The Hall–Kier alpha value is -2.43.